The number of piperidine rings is 1. The molecule has 0 radical (unpaired) electrons. The summed E-state index contributed by atoms with van der Waals surface area (Å²) >= 11 is 0. The van der Waals surface area contributed by atoms with Crippen molar-refractivity contribution < 1.29 is 0 Å². The Morgan fingerprint density at radius 3 is 2.62 bits per heavy atom. The van der Waals surface area contributed by atoms with E-state index in [0.29, 0.717) is 0 Å². The highest BCUT2D eigenvalue weighted by molar-refractivity contribution is 5.22. The molecule has 2 saturated heterocycles. The number of likely N-dealkylation sites (tertiary alicyclic amines) is 1. The van der Waals surface area contributed by atoms with Crippen molar-refractivity contribution in [3.63, 3.8) is 0 Å². The third-order valence-corrected chi connectivity index (χ3v) is 5.97. The van der Waals surface area contributed by atoms with Gasteiger partial charge in [0, 0.05) is 49.7 Å². The second-order valence-corrected chi connectivity index (χ2v) is 6.35. The average Bonchev–Trinajstić information content (AvgIpc) is 2.69. The lowest BCUT2D eigenvalue weighted by Crippen LogP contribution is -2.73. The van der Waals surface area contributed by atoms with Gasteiger partial charge in [0.1, 0.15) is 0 Å². The van der Waals surface area contributed by atoms with Gasteiger partial charge < -0.3 is 5.32 Å². The fourth-order valence-electron chi connectivity index (χ4n) is 5.06. The summed E-state index contributed by atoms with van der Waals surface area (Å²) in [5, 5.41) is 3.47. The van der Waals surface area contributed by atoms with Crippen LogP contribution in [0.5, 0.6) is 0 Å². The van der Waals surface area contributed by atoms with Crippen LogP contribution in [0.2, 0.25) is 0 Å². The van der Waals surface area contributed by atoms with Gasteiger partial charge in [0.2, 0.25) is 0 Å². The molecule has 0 aromatic carbocycles. The summed E-state index contributed by atoms with van der Waals surface area (Å²) in [6.07, 6.45) is 5.95. The highest BCUT2D eigenvalue weighted by Crippen LogP contribution is 2.65. The topological polar surface area (TPSA) is 18.5 Å². The summed E-state index contributed by atoms with van der Waals surface area (Å²) in [6, 6.07) is 2.80. The van der Waals surface area contributed by atoms with Crippen LogP contribution in [0.1, 0.15) is 25.7 Å². The van der Waals surface area contributed by atoms with Crippen molar-refractivity contribution in [2.75, 3.05) is 33.2 Å². The summed E-state index contributed by atoms with van der Waals surface area (Å²) in [5.74, 6) is 0. The zero-order chi connectivity index (χ0) is 10.8. The van der Waals surface area contributed by atoms with Gasteiger partial charge in [0.15, 0.2) is 0 Å². The molecule has 4 rings (SSSR count). The molecule has 0 aromatic rings. The normalized spacial score (nSPS) is 52.7. The zero-order valence-electron chi connectivity index (χ0n) is 10.3. The van der Waals surface area contributed by atoms with Crippen molar-refractivity contribution in [3.05, 3.63) is 0 Å². The van der Waals surface area contributed by atoms with Crippen molar-refractivity contribution in [1.82, 2.24) is 15.1 Å². The van der Waals surface area contributed by atoms with E-state index in [-0.39, 0.29) is 0 Å². The largest absolute Gasteiger partial charge is 0.314 e. The van der Waals surface area contributed by atoms with Gasteiger partial charge in [-0.2, -0.15) is 0 Å². The molecule has 2 aliphatic heterocycles. The molecule has 2 aliphatic carbocycles. The van der Waals surface area contributed by atoms with E-state index in [1.54, 1.807) is 0 Å². The molecule has 2 heterocycles. The minimum absolute atomic E-state index is 0.782. The van der Waals surface area contributed by atoms with E-state index in [1.165, 1.54) is 51.9 Å². The van der Waals surface area contributed by atoms with Gasteiger partial charge >= 0.3 is 0 Å². The standard InChI is InChI=1S/C13H23N3/c1-15-11-2-3-13(11)9-10(8-12(13)15)16-6-4-14-5-7-16/h10-12,14H,2-9H2,1H3. The Hall–Kier alpha value is -0.120. The number of piperazine rings is 1. The first-order valence-electron chi connectivity index (χ1n) is 6.98. The first-order valence-corrected chi connectivity index (χ1v) is 6.98. The molecule has 4 atom stereocenters. The van der Waals surface area contributed by atoms with E-state index in [2.05, 4.69) is 22.2 Å². The molecule has 0 aromatic heterocycles. The number of hydrogen-bond donors (Lipinski definition) is 1. The Kier molecular flexibility index (Phi) is 1.98. The van der Waals surface area contributed by atoms with Crippen molar-refractivity contribution in [1.29, 1.82) is 0 Å². The second kappa shape index (κ2) is 3.21. The molecule has 1 spiro atoms. The van der Waals surface area contributed by atoms with Gasteiger partial charge in [-0.1, -0.05) is 0 Å². The summed E-state index contributed by atoms with van der Waals surface area (Å²) < 4.78 is 0. The lowest BCUT2D eigenvalue weighted by atomic mass is 9.54. The quantitative estimate of drug-likeness (QED) is 0.696. The first-order chi connectivity index (χ1) is 7.81. The van der Waals surface area contributed by atoms with Crippen molar-refractivity contribution >= 4 is 0 Å². The third-order valence-electron chi connectivity index (χ3n) is 5.97. The zero-order valence-corrected chi connectivity index (χ0v) is 10.3. The van der Waals surface area contributed by atoms with Crippen molar-refractivity contribution in [2.24, 2.45) is 5.41 Å². The SMILES string of the molecule is CN1C2CCC23CC(N2CCNCC2)CC13. The van der Waals surface area contributed by atoms with Gasteiger partial charge in [-0.3, -0.25) is 9.80 Å². The van der Waals surface area contributed by atoms with Gasteiger partial charge in [-0.05, 0) is 32.7 Å². The smallest absolute Gasteiger partial charge is 0.0182 e. The Labute approximate surface area is 98.2 Å². The van der Waals surface area contributed by atoms with Crippen LogP contribution in [0, 0.1) is 5.41 Å². The van der Waals surface area contributed by atoms with Crippen LogP contribution < -0.4 is 5.32 Å². The van der Waals surface area contributed by atoms with Crippen molar-refractivity contribution in [3.8, 4) is 0 Å². The molecule has 16 heavy (non-hydrogen) atoms. The Bertz CT molecular complexity index is 300. The molecular weight excluding hydrogens is 198 g/mol. The Balaban J connectivity index is 1.49. The van der Waals surface area contributed by atoms with E-state index in [1.807, 2.05) is 0 Å². The molecular formula is C13H23N3. The van der Waals surface area contributed by atoms with Crippen LogP contribution in [-0.2, 0) is 0 Å². The molecule has 90 valence electrons. The van der Waals surface area contributed by atoms with Gasteiger partial charge in [-0.15, -0.1) is 0 Å². The molecule has 4 fully saturated rings. The highest BCUT2D eigenvalue weighted by Gasteiger charge is 2.68. The van der Waals surface area contributed by atoms with Crippen LogP contribution >= 0.6 is 0 Å². The van der Waals surface area contributed by atoms with Crippen LogP contribution in [0.4, 0.5) is 0 Å². The van der Waals surface area contributed by atoms with Crippen LogP contribution in [0.15, 0.2) is 0 Å². The predicted octanol–water partition coefficient (Wildman–Crippen LogP) is 0.517. The van der Waals surface area contributed by atoms with Crippen LogP contribution in [-0.4, -0.2) is 61.2 Å². The Morgan fingerprint density at radius 2 is 2.00 bits per heavy atom. The van der Waals surface area contributed by atoms with E-state index < -0.39 is 0 Å². The predicted molar refractivity (Wildman–Crippen MR) is 64.5 cm³/mol. The maximum Gasteiger partial charge on any atom is 0.0182 e. The molecule has 0 amide bonds. The summed E-state index contributed by atoms with van der Waals surface area (Å²) in [6.45, 7) is 4.96. The van der Waals surface area contributed by atoms with Crippen molar-refractivity contribution in [2.45, 2.75) is 43.8 Å². The van der Waals surface area contributed by atoms with Gasteiger partial charge in [0.05, 0.1) is 0 Å². The second-order valence-electron chi connectivity index (χ2n) is 6.35. The van der Waals surface area contributed by atoms with Crippen LogP contribution in [0.3, 0.4) is 0 Å². The fourth-order valence-corrected chi connectivity index (χ4v) is 5.06. The lowest BCUT2D eigenvalue weighted by Gasteiger charge is -2.67. The number of nitrogens with one attached hydrogen (secondary N) is 1. The maximum absolute atomic E-state index is 3.47. The van der Waals surface area contributed by atoms with Gasteiger partial charge in [-0.25, -0.2) is 0 Å². The minimum Gasteiger partial charge on any atom is -0.314 e. The molecule has 1 N–H and O–H groups in total. The number of rotatable bonds is 1. The molecule has 3 nitrogen and oxygen atoms in total. The number of hydrogen-bond acceptors (Lipinski definition) is 3. The van der Waals surface area contributed by atoms with E-state index in [9.17, 15) is 0 Å². The summed E-state index contributed by atoms with van der Waals surface area (Å²) in [7, 11) is 2.35. The Morgan fingerprint density at radius 1 is 1.19 bits per heavy atom. The van der Waals surface area contributed by atoms with E-state index in [0.717, 1.165) is 23.5 Å². The van der Waals surface area contributed by atoms with Crippen LogP contribution in [0.25, 0.3) is 0 Å². The lowest BCUT2D eigenvalue weighted by molar-refractivity contribution is -0.174. The first kappa shape index (κ1) is 9.86. The molecule has 0 bridgehead atoms. The minimum atomic E-state index is 0.782. The average molecular weight is 221 g/mol. The molecule has 4 unspecified atom stereocenters. The third kappa shape index (κ3) is 1.05. The summed E-state index contributed by atoms with van der Waals surface area (Å²) in [4.78, 5) is 5.43. The molecule has 3 heteroatoms. The van der Waals surface area contributed by atoms with Gasteiger partial charge in [0.25, 0.3) is 0 Å². The highest BCUT2D eigenvalue weighted by atomic mass is 15.3. The molecule has 2 saturated carbocycles. The summed E-state index contributed by atoms with van der Waals surface area (Å²) in [5.41, 5.74) is 0.782. The fraction of sp³-hybridized carbons (Fsp3) is 1.00. The molecule has 4 aliphatic rings. The van der Waals surface area contributed by atoms with E-state index >= 15 is 0 Å². The monoisotopic (exact) mass is 221 g/mol. The maximum atomic E-state index is 3.47. The van der Waals surface area contributed by atoms with E-state index in [4.69, 9.17) is 0 Å². The number of nitrogens with zero attached hydrogens (tertiary/aromatic N) is 2.